The molecule has 122 valence electrons. The number of nitrogens with zero attached hydrogens (tertiary/aromatic N) is 1. The molecular formula is C21H21NS2. The first-order chi connectivity index (χ1) is 11.9. The van der Waals surface area contributed by atoms with E-state index in [1.807, 2.05) is 11.3 Å². The molecule has 0 spiro atoms. The maximum absolute atomic E-state index is 2.62. The predicted octanol–water partition coefficient (Wildman–Crippen LogP) is 6.28. The Kier molecular flexibility index (Phi) is 3.79. The first-order valence-electron chi connectivity index (χ1n) is 8.90. The topological polar surface area (TPSA) is 3.24 Å². The molecule has 0 amide bonds. The Bertz CT molecular complexity index is 876. The Labute approximate surface area is 151 Å². The molecule has 0 aliphatic carbocycles. The molecule has 0 saturated carbocycles. The molecule has 0 radical (unpaired) electrons. The van der Waals surface area contributed by atoms with Crippen molar-refractivity contribution >= 4 is 38.9 Å². The minimum absolute atomic E-state index is 0.559. The number of thioether (sulfide) groups is 1. The summed E-state index contributed by atoms with van der Waals surface area (Å²) in [4.78, 5) is 4.12. The third kappa shape index (κ3) is 2.46. The summed E-state index contributed by atoms with van der Waals surface area (Å²) in [5, 5.41) is 4.23. The van der Waals surface area contributed by atoms with Crippen LogP contribution in [0.25, 0.3) is 10.1 Å². The fourth-order valence-electron chi connectivity index (χ4n) is 4.15. The van der Waals surface area contributed by atoms with E-state index in [4.69, 9.17) is 0 Å². The molecule has 1 unspecified atom stereocenters. The highest BCUT2D eigenvalue weighted by molar-refractivity contribution is 7.99. The first kappa shape index (κ1) is 14.9. The number of anilines is 1. The van der Waals surface area contributed by atoms with E-state index in [2.05, 4.69) is 64.5 Å². The molecule has 1 aromatic heterocycles. The lowest BCUT2D eigenvalue weighted by atomic mass is 9.99. The Hall–Kier alpha value is -1.45. The van der Waals surface area contributed by atoms with Crippen molar-refractivity contribution in [2.45, 2.75) is 35.8 Å². The second kappa shape index (κ2) is 6.12. The van der Waals surface area contributed by atoms with Crippen molar-refractivity contribution in [3.63, 3.8) is 0 Å². The molecule has 5 rings (SSSR count). The van der Waals surface area contributed by atoms with Gasteiger partial charge in [-0.05, 0) is 71.8 Å². The monoisotopic (exact) mass is 351 g/mol. The molecule has 1 nitrogen and oxygen atoms in total. The fraction of sp³-hybridized carbons (Fsp3) is 0.333. The maximum atomic E-state index is 2.62. The molecule has 0 N–H and O–H groups in total. The van der Waals surface area contributed by atoms with Crippen LogP contribution in [0.1, 0.15) is 35.6 Å². The quantitative estimate of drug-likeness (QED) is 0.534. The van der Waals surface area contributed by atoms with Crippen molar-refractivity contribution in [3.05, 3.63) is 59.0 Å². The largest absolute Gasteiger partial charge is 0.371 e. The summed E-state index contributed by atoms with van der Waals surface area (Å²) in [6, 6.07) is 16.0. The number of hydrogen-bond donors (Lipinski definition) is 0. The van der Waals surface area contributed by atoms with Crippen LogP contribution in [0.2, 0.25) is 0 Å². The van der Waals surface area contributed by atoms with Gasteiger partial charge in [0.05, 0.1) is 0 Å². The van der Waals surface area contributed by atoms with Crippen molar-refractivity contribution in [1.82, 2.24) is 0 Å². The van der Waals surface area contributed by atoms with Gasteiger partial charge < -0.3 is 4.90 Å². The average Bonchev–Trinajstić information content (AvgIpc) is 3.28. The zero-order chi connectivity index (χ0) is 15.9. The predicted molar refractivity (Wildman–Crippen MR) is 107 cm³/mol. The second-order valence-corrected chi connectivity index (χ2v) is 8.98. The van der Waals surface area contributed by atoms with Gasteiger partial charge in [0.15, 0.2) is 0 Å². The molecule has 2 aliphatic heterocycles. The van der Waals surface area contributed by atoms with Crippen molar-refractivity contribution < 1.29 is 0 Å². The third-order valence-electron chi connectivity index (χ3n) is 5.34. The summed E-state index contributed by atoms with van der Waals surface area (Å²) in [5.74, 6) is 0. The van der Waals surface area contributed by atoms with Crippen LogP contribution in [0.3, 0.4) is 0 Å². The molecule has 0 bridgehead atoms. The third-order valence-corrected chi connectivity index (χ3v) is 7.56. The van der Waals surface area contributed by atoms with Gasteiger partial charge in [0, 0.05) is 33.6 Å². The van der Waals surface area contributed by atoms with Gasteiger partial charge >= 0.3 is 0 Å². The van der Waals surface area contributed by atoms with Crippen LogP contribution in [0.5, 0.6) is 0 Å². The lowest BCUT2D eigenvalue weighted by Gasteiger charge is -2.30. The van der Waals surface area contributed by atoms with Crippen molar-refractivity contribution in [3.8, 4) is 0 Å². The molecule has 2 aromatic carbocycles. The summed E-state index contributed by atoms with van der Waals surface area (Å²) in [6.45, 7) is 2.46. The van der Waals surface area contributed by atoms with Crippen LogP contribution in [0.15, 0.2) is 52.7 Å². The van der Waals surface area contributed by atoms with Crippen molar-refractivity contribution in [2.24, 2.45) is 0 Å². The number of thiophene rings is 1. The number of rotatable bonds is 2. The van der Waals surface area contributed by atoms with Gasteiger partial charge in [0.25, 0.3) is 0 Å². The van der Waals surface area contributed by atoms with Crippen molar-refractivity contribution in [2.75, 3.05) is 18.0 Å². The molecule has 3 heterocycles. The van der Waals surface area contributed by atoms with Gasteiger partial charge in [-0.1, -0.05) is 18.2 Å². The van der Waals surface area contributed by atoms with Gasteiger partial charge in [0.2, 0.25) is 0 Å². The van der Waals surface area contributed by atoms with Crippen LogP contribution in [0, 0.1) is 0 Å². The zero-order valence-electron chi connectivity index (χ0n) is 13.7. The normalized spacial score (nSPS) is 20.5. The zero-order valence-corrected chi connectivity index (χ0v) is 15.3. The van der Waals surface area contributed by atoms with Crippen LogP contribution >= 0.6 is 23.1 Å². The van der Waals surface area contributed by atoms with Crippen LogP contribution in [-0.4, -0.2) is 13.1 Å². The van der Waals surface area contributed by atoms with E-state index in [9.17, 15) is 0 Å². The average molecular weight is 352 g/mol. The van der Waals surface area contributed by atoms with E-state index in [-0.39, 0.29) is 0 Å². The van der Waals surface area contributed by atoms with Gasteiger partial charge in [-0.25, -0.2) is 0 Å². The molecule has 1 atom stereocenters. The smallest absolute Gasteiger partial charge is 0.0410 e. The highest BCUT2D eigenvalue weighted by atomic mass is 32.2. The Morgan fingerprint density at radius 2 is 1.79 bits per heavy atom. The molecule has 1 fully saturated rings. The molecule has 3 heteroatoms. The number of piperidine rings is 1. The van der Waals surface area contributed by atoms with Crippen LogP contribution in [0.4, 0.5) is 5.69 Å². The van der Waals surface area contributed by atoms with E-state index in [1.54, 1.807) is 5.56 Å². The number of hydrogen-bond acceptors (Lipinski definition) is 3. The van der Waals surface area contributed by atoms with Gasteiger partial charge in [-0.2, -0.15) is 0 Å². The molecule has 24 heavy (non-hydrogen) atoms. The SMILES string of the molecule is c1cc2c(c(N3CCCCC3)c1)CC(c1cccc3sccc13)S2. The second-order valence-electron chi connectivity index (χ2n) is 6.79. The number of benzene rings is 2. The first-order valence-corrected chi connectivity index (χ1v) is 10.7. The lowest BCUT2D eigenvalue weighted by Crippen LogP contribution is -2.30. The van der Waals surface area contributed by atoms with Gasteiger partial charge in [0.1, 0.15) is 0 Å². The summed E-state index contributed by atoms with van der Waals surface area (Å²) in [6.07, 6.45) is 5.24. The Balaban J connectivity index is 1.51. The van der Waals surface area contributed by atoms with Gasteiger partial charge in [-0.3, -0.25) is 0 Å². The minimum Gasteiger partial charge on any atom is -0.371 e. The van der Waals surface area contributed by atoms with E-state index >= 15 is 0 Å². The summed E-state index contributed by atoms with van der Waals surface area (Å²) < 4.78 is 1.42. The molecule has 3 aromatic rings. The summed E-state index contributed by atoms with van der Waals surface area (Å²) in [5.41, 5.74) is 4.60. The van der Waals surface area contributed by atoms with E-state index in [0.29, 0.717) is 5.25 Å². The standard InChI is InChI=1S/C21H21NS2/c1-2-11-22(12-3-1)18-7-5-9-20-17(18)14-21(24-20)15-6-4-8-19-16(15)10-13-23-19/h4-10,13,21H,1-3,11-12,14H2. The highest BCUT2D eigenvalue weighted by Crippen LogP contribution is 2.51. The van der Waals surface area contributed by atoms with E-state index in [0.717, 1.165) is 0 Å². The molecule has 1 saturated heterocycles. The van der Waals surface area contributed by atoms with Crippen molar-refractivity contribution in [1.29, 1.82) is 0 Å². The summed E-state index contributed by atoms with van der Waals surface area (Å²) in [7, 11) is 0. The Morgan fingerprint density at radius 1 is 0.917 bits per heavy atom. The van der Waals surface area contributed by atoms with Gasteiger partial charge in [-0.15, -0.1) is 23.1 Å². The van der Waals surface area contributed by atoms with Crippen LogP contribution in [-0.2, 0) is 6.42 Å². The Morgan fingerprint density at radius 3 is 2.71 bits per heavy atom. The summed E-state index contributed by atoms with van der Waals surface area (Å²) >= 11 is 3.92. The van der Waals surface area contributed by atoms with E-state index in [1.165, 1.54) is 65.0 Å². The lowest BCUT2D eigenvalue weighted by molar-refractivity contribution is 0.576. The molecular weight excluding hydrogens is 330 g/mol. The van der Waals surface area contributed by atoms with Crippen LogP contribution < -0.4 is 4.90 Å². The van der Waals surface area contributed by atoms with E-state index < -0.39 is 0 Å². The fourth-order valence-corrected chi connectivity index (χ4v) is 6.35. The number of fused-ring (bicyclic) bond motifs is 2. The maximum Gasteiger partial charge on any atom is 0.0410 e. The molecule has 2 aliphatic rings. The highest BCUT2D eigenvalue weighted by Gasteiger charge is 2.28. The minimum atomic E-state index is 0.559.